The molecule has 1 fully saturated rings. The molecule has 9 heteroatoms. The van der Waals surface area contributed by atoms with Crippen molar-refractivity contribution in [1.29, 1.82) is 0 Å². The number of anilines is 1. The van der Waals surface area contributed by atoms with Crippen LogP contribution in [0.25, 0.3) is 0 Å². The first-order valence-corrected chi connectivity index (χ1v) is 11.9. The third kappa shape index (κ3) is 4.25. The van der Waals surface area contributed by atoms with Gasteiger partial charge < -0.3 is 14.5 Å². The fraction of sp³-hybridized carbons (Fsp3) is 0.348. The van der Waals surface area contributed by atoms with Crippen LogP contribution in [0.4, 0.5) is 5.69 Å². The average Bonchev–Trinajstić information content (AvgIpc) is 3.02. The number of esters is 1. The Hall–Kier alpha value is -3.20. The normalized spacial score (nSPS) is 17.8. The maximum atomic E-state index is 13.0. The molecular weight excluding hydrogens is 430 g/mol. The molecule has 168 valence electrons. The second-order valence-corrected chi connectivity index (χ2v) is 9.63. The van der Waals surface area contributed by atoms with Crippen molar-refractivity contribution in [2.24, 2.45) is 4.40 Å². The third-order valence-electron chi connectivity index (χ3n) is 5.58. The van der Waals surface area contributed by atoms with E-state index in [1.165, 1.54) is 17.0 Å². The number of amides is 1. The van der Waals surface area contributed by atoms with Crippen molar-refractivity contribution in [3.8, 4) is 0 Å². The number of ether oxygens (including phenoxy) is 1. The molecule has 0 N–H and O–H groups in total. The van der Waals surface area contributed by atoms with Gasteiger partial charge in [0.1, 0.15) is 10.7 Å². The highest BCUT2D eigenvalue weighted by molar-refractivity contribution is 7.90. The molecule has 0 spiro atoms. The van der Waals surface area contributed by atoms with E-state index in [9.17, 15) is 18.0 Å². The van der Waals surface area contributed by atoms with Crippen molar-refractivity contribution in [1.82, 2.24) is 4.90 Å². The summed E-state index contributed by atoms with van der Waals surface area (Å²) < 4.78 is 35.2. The summed E-state index contributed by atoms with van der Waals surface area (Å²) in [5.74, 6) is -0.627. The van der Waals surface area contributed by atoms with Crippen molar-refractivity contribution in [3.05, 3.63) is 59.7 Å². The number of sulfonamides is 1. The van der Waals surface area contributed by atoms with Crippen LogP contribution in [0.3, 0.4) is 0 Å². The largest absolute Gasteiger partial charge is 0.444 e. The van der Waals surface area contributed by atoms with Gasteiger partial charge in [-0.1, -0.05) is 36.8 Å². The summed E-state index contributed by atoms with van der Waals surface area (Å²) in [5.41, 5.74) is 1.11. The molecule has 2 heterocycles. The molecule has 4 rings (SSSR count). The minimum atomic E-state index is -3.93. The van der Waals surface area contributed by atoms with Gasteiger partial charge in [-0.15, -0.1) is 4.40 Å². The van der Waals surface area contributed by atoms with Crippen LogP contribution in [0.2, 0.25) is 0 Å². The molecule has 32 heavy (non-hydrogen) atoms. The van der Waals surface area contributed by atoms with E-state index in [2.05, 4.69) is 4.40 Å². The Labute approximate surface area is 187 Å². The molecule has 2 aliphatic rings. The number of fused-ring (bicyclic) bond motifs is 3. The molecule has 2 aliphatic heterocycles. The van der Waals surface area contributed by atoms with Crippen LogP contribution in [0.15, 0.2) is 57.8 Å². The van der Waals surface area contributed by atoms with Gasteiger partial charge in [-0.25, -0.2) is 4.79 Å². The minimum Gasteiger partial charge on any atom is -0.444 e. The molecule has 1 unspecified atom stereocenters. The molecule has 1 saturated heterocycles. The van der Waals surface area contributed by atoms with Gasteiger partial charge >= 0.3 is 5.97 Å². The Morgan fingerprint density at radius 3 is 2.53 bits per heavy atom. The predicted molar refractivity (Wildman–Crippen MR) is 120 cm³/mol. The molecule has 1 amide bonds. The number of carbonyl (C=O) groups is 2. The van der Waals surface area contributed by atoms with Crippen molar-refractivity contribution in [2.75, 3.05) is 25.5 Å². The van der Waals surface area contributed by atoms with Crippen LogP contribution in [-0.4, -0.2) is 51.7 Å². The average molecular weight is 456 g/mol. The zero-order valence-electron chi connectivity index (χ0n) is 18.0. The lowest BCUT2D eigenvalue weighted by atomic mass is 10.1. The summed E-state index contributed by atoms with van der Waals surface area (Å²) in [6.45, 7) is 0.679. The standard InChI is InChI=1S/C23H25N3O5S/c1-25(2)22(27)21(16-9-5-3-6-10-16)31-23(28)17-12-13-18-19(15-17)32(29,30)24-20-11-7-4-8-14-26(18)20/h3,5-6,9-10,12-13,15,21H,4,7-8,11,14H2,1-2H3. The first-order valence-electron chi connectivity index (χ1n) is 10.5. The van der Waals surface area contributed by atoms with Crippen molar-refractivity contribution in [3.63, 3.8) is 0 Å². The number of benzene rings is 2. The van der Waals surface area contributed by atoms with Gasteiger partial charge in [0.25, 0.3) is 15.9 Å². The fourth-order valence-corrected chi connectivity index (χ4v) is 5.19. The zero-order chi connectivity index (χ0) is 22.9. The second-order valence-electron chi connectivity index (χ2n) is 8.06. The number of rotatable bonds is 4. The molecule has 2 aromatic carbocycles. The van der Waals surface area contributed by atoms with E-state index in [1.54, 1.807) is 50.5 Å². The Morgan fingerprint density at radius 1 is 1.06 bits per heavy atom. The topological polar surface area (TPSA) is 96.3 Å². The van der Waals surface area contributed by atoms with E-state index in [0.29, 0.717) is 30.1 Å². The highest BCUT2D eigenvalue weighted by atomic mass is 32.2. The van der Waals surface area contributed by atoms with Gasteiger partial charge in [0.2, 0.25) is 6.10 Å². The molecule has 0 saturated carbocycles. The van der Waals surface area contributed by atoms with Gasteiger partial charge in [0.15, 0.2) is 0 Å². The first-order chi connectivity index (χ1) is 15.3. The summed E-state index contributed by atoms with van der Waals surface area (Å²) in [5, 5.41) is 0. The maximum Gasteiger partial charge on any atom is 0.339 e. The van der Waals surface area contributed by atoms with Crippen LogP contribution in [0.5, 0.6) is 0 Å². The predicted octanol–water partition coefficient (Wildman–Crippen LogP) is 3.15. The minimum absolute atomic E-state index is 0.0206. The van der Waals surface area contributed by atoms with Crippen LogP contribution < -0.4 is 4.90 Å². The monoisotopic (exact) mass is 455 g/mol. The van der Waals surface area contributed by atoms with Crippen LogP contribution >= 0.6 is 0 Å². The first kappa shape index (κ1) is 22.0. The number of likely N-dealkylation sites (N-methyl/N-ethyl adjacent to an activating group) is 1. The van der Waals surface area contributed by atoms with Crippen molar-refractivity contribution >= 4 is 33.4 Å². The highest BCUT2D eigenvalue weighted by Gasteiger charge is 2.33. The molecule has 0 aromatic heterocycles. The van der Waals surface area contributed by atoms with Gasteiger partial charge in [-0.05, 0) is 31.0 Å². The van der Waals surface area contributed by atoms with E-state index in [-0.39, 0.29) is 10.5 Å². The van der Waals surface area contributed by atoms with Crippen molar-refractivity contribution in [2.45, 2.75) is 36.7 Å². The van der Waals surface area contributed by atoms with Crippen LogP contribution in [0.1, 0.15) is 47.7 Å². The van der Waals surface area contributed by atoms with Gasteiger partial charge in [0.05, 0.1) is 11.3 Å². The fourth-order valence-electron chi connectivity index (χ4n) is 3.91. The number of hydrogen-bond donors (Lipinski definition) is 0. The van der Waals surface area contributed by atoms with E-state index < -0.39 is 28.0 Å². The maximum absolute atomic E-state index is 13.0. The molecule has 8 nitrogen and oxygen atoms in total. The molecule has 0 aliphatic carbocycles. The molecular formula is C23H25N3O5S. The second kappa shape index (κ2) is 8.74. The van der Waals surface area contributed by atoms with E-state index >= 15 is 0 Å². The van der Waals surface area contributed by atoms with Crippen LogP contribution in [-0.2, 0) is 19.6 Å². The third-order valence-corrected chi connectivity index (χ3v) is 6.91. The lowest BCUT2D eigenvalue weighted by molar-refractivity contribution is -0.138. The number of hydrogen-bond acceptors (Lipinski definition) is 6. The van der Waals surface area contributed by atoms with E-state index in [0.717, 1.165) is 19.3 Å². The lowest BCUT2D eigenvalue weighted by Crippen LogP contribution is -2.35. The molecule has 1 atom stereocenters. The van der Waals surface area contributed by atoms with Gasteiger partial charge in [-0.2, -0.15) is 8.42 Å². The van der Waals surface area contributed by atoms with Crippen LogP contribution in [0, 0.1) is 0 Å². The molecule has 2 aromatic rings. The lowest BCUT2D eigenvalue weighted by Gasteiger charge is -2.29. The summed E-state index contributed by atoms with van der Waals surface area (Å²) in [7, 11) is -0.776. The SMILES string of the molecule is CN(C)C(=O)C(OC(=O)c1ccc2c(c1)S(=O)(=O)N=C1CCCCCN12)c1ccccc1. The summed E-state index contributed by atoms with van der Waals surface area (Å²) in [6.07, 6.45) is 2.31. The van der Waals surface area contributed by atoms with E-state index in [4.69, 9.17) is 4.74 Å². The number of amidine groups is 1. The summed E-state index contributed by atoms with van der Waals surface area (Å²) >= 11 is 0. The Bertz CT molecular complexity index is 1180. The Morgan fingerprint density at radius 2 is 1.81 bits per heavy atom. The van der Waals surface area contributed by atoms with Gasteiger partial charge in [0, 0.05) is 32.6 Å². The summed E-state index contributed by atoms with van der Waals surface area (Å²) in [6, 6.07) is 13.2. The van der Waals surface area contributed by atoms with E-state index in [1.807, 2.05) is 4.90 Å². The number of nitrogens with zero attached hydrogens (tertiary/aromatic N) is 3. The van der Waals surface area contributed by atoms with Crippen molar-refractivity contribution < 1.29 is 22.7 Å². The smallest absolute Gasteiger partial charge is 0.339 e. The quantitative estimate of drug-likeness (QED) is 0.657. The zero-order valence-corrected chi connectivity index (χ0v) is 18.8. The molecule has 0 bridgehead atoms. The summed E-state index contributed by atoms with van der Waals surface area (Å²) in [4.78, 5) is 28.9. The molecule has 0 radical (unpaired) electrons. The highest BCUT2D eigenvalue weighted by Crippen LogP contribution is 2.35. The van der Waals surface area contributed by atoms with Gasteiger partial charge in [-0.3, -0.25) is 4.79 Å². The number of carbonyl (C=O) groups excluding carboxylic acids is 2. The Balaban J connectivity index is 1.67. The Kier molecular flexibility index (Phi) is 6.01.